The van der Waals surface area contributed by atoms with Crippen molar-refractivity contribution in [1.82, 2.24) is 0 Å². The van der Waals surface area contributed by atoms with Gasteiger partial charge in [-0.1, -0.05) is 39.8 Å². The first-order valence-corrected chi connectivity index (χ1v) is 13.3. The fraction of sp³-hybridized carbons (Fsp3) is 0.444. The highest BCUT2D eigenvalue weighted by molar-refractivity contribution is 7.88. The molecule has 0 saturated heterocycles. The van der Waals surface area contributed by atoms with E-state index in [2.05, 4.69) is 17.2 Å². The number of furan rings is 1. The lowest BCUT2D eigenvalue weighted by Gasteiger charge is -2.19. The number of carbonyl (C=O) groups excluding carboxylic acids is 1. The zero-order chi connectivity index (χ0) is 27.6. The van der Waals surface area contributed by atoms with E-state index in [9.17, 15) is 26.4 Å². The summed E-state index contributed by atoms with van der Waals surface area (Å²) in [6.45, 7) is 9.59. The third-order valence-corrected chi connectivity index (χ3v) is 7.11. The topological polar surface area (TPSA) is 82.8 Å². The zero-order valence-electron chi connectivity index (χ0n) is 21.4. The molecule has 6 nitrogen and oxygen atoms in total. The normalized spacial score (nSPS) is 13.5. The SMILES string of the molecule is CCC(CCc1cc2ccc(OS(=O)(=O)C(F)(F)F)cc2o1)c1ccc(OCC(=O)C(C)(C)C)c(C)c1. The minimum atomic E-state index is -5.76. The van der Waals surface area contributed by atoms with Crippen molar-refractivity contribution in [3.05, 3.63) is 59.4 Å². The molecule has 0 aliphatic heterocycles. The van der Waals surface area contributed by atoms with Gasteiger partial charge in [-0.05, 0) is 61.1 Å². The predicted octanol–water partition coefficient (Wildman–Crippen LogP) is 7.09. The highest BCUT2D eigenvalue weighted by Crippen LogP contribution is 2.33. The number of halogens is 3. The van der Waals surface area contributed by atoms with Crippen LogP contribution in [0.1, 0.15) is 63.3 Å². The molecule has 1 heterocycles. The average molecular weight is 541 g/mol. The van der Waals surface area contributed by atoms with Crippen molar-refractivity contribution in [3.8, 4) is 11.5 Å². The Morgan fingerprint density at radius 1 is 1.05 bits per heavy atom. The van der Waals surface area contributed by atoms with Crippen LogP contribution in [0, 0.1) is 12.3 Å². The van der Waals surface area contributed by atoms with E-state index in [4.69, 9.17) is 9.15 Å². The van der Waals surface area contributed by atoms with Gasteiger partial charge in [0.05, 0.1) is 0 Å². The number of ether oxygens (including phenoxy) is 1. The summed E-state index contributed by atoms with van der Waals surface area (Å²) in [5.41, 5.74) is -3.69. The maximum absolute atomic E-state index is 12.6. The number of hydrogen-bond acceptors (Lipinski definition) is 6. The van der Waals surface area contributed by atoms with Crippen LogP contribution in [0.25, 0.3) is 11.0 Å². The number of fused-ring (bicyclic) bond motifs is 1. The number of aryl methyl sites for hydroxylation is 2. The summed E-state index contributed by atoms with van der Waals surface area (Å²) >= 11 is 0. The van der Waals surface area contributed by atoms with Gasteiger partial charge < -0.3 is 13.3 Å². The van der Waals surface area contributed by atoms with Crippen molar-refractivity contribution in [2.75, 3.05) is 6.61 Å². The summed E-state index contributed by atoms with van der Waals surface area (Å²) in [7, 11) is -5.76. The molecule has 0 fully saturated rings. The summed E-state index contributed by atoms with van der Waals surface area (Å²) < 4.78 is 76.0. The molecule has 1 unspecified atom stereocenters. The minimum absolute atomic E-state index is 0.0157. The highest BCUT2D eigenvalue weighted by Gasteiger charge is 2.48. The Morgan fingerprint density at radius 2 is 1.76 bits per heavy atom. The van der Waals surface area contributed by atoms with Crippen LogP contribution in [-0.4, -0.2) is 26.3 Å². The summed E-state index contributed by atoms with van der Waals surface area (Å²) in [6, 6.07) is 11.4. The molecular formula is C27H31F3O6S. The molecule has 0 aliphatic rings. The quantitative estimate of drug-likeness (QED) is 0.202. The van der Waals surface area contributed by atoms with Crippen molar-refractivity contribution in [1.29, 1.82) is 0 Å². The summed E-state index contributed by atoms with van der Waals surface area (Å²) in [6.07, 6.45) is 2.20. The molecule has 3 aromatic rings. The maximum atomic E-state index is 12.6. The minimum Gasteiger partial charge on any atom is -0.486 e. The van der Waals surface area contributed by atoms with Crippen molar-refractivity contribution >= 4 is 26.9 Å². The van der Waals surface area contributed by atoms with Gasteiger partial charge in [0.2, 0.25) is 0 Å². The molecule has 3 rings (SSSR count). The van der Waals surface area contributed by atoms with Crippen LogP contribution in [0.3, 0.4) is 0 Å². The Hall–Kier alpha value is -3.01. The van der Waals surface area contributed by atoms with Crippen LogP contribution in [0.5, 0.6) is 11.5 Å². The van der Waals surface area contributed by atoms with Gasteiger partial charge >= 0.3 is 15.6 Å². The third-order valence-electron chi connectivity index (χ3n) is 6.13. The van der Waals surface area contributed by atoms with Gasteiger partial charge in [-0.3, -0.25) is 4.79 Å². The molecule has 0 N–H and O–H groups in total. The molecule has 0 radical (unpaired) electrons. The first-order chi connectivity index (χ1) is 17.1. The fourth-order valence-corrected chi connectivity index (χ4v) is 4.24. The molecule has 0 aliphatic carbocycles. The molecule has 0 spiro atoms. The molecule has 0 saturated carbocycles. The lowest BCUT2D eigenvalue weighted by atomic mass is 9.90. The van der Waals surface area contributed by atoms with Crippen molar-refractivity contribution in [2.45, 2.75) is 65.3 Å². The van der Waals surface area contributed by atoms with Gasteiger partial charge in [0, 0.05) is 23.3 Å². The molecular weight excluding hydrogens is 509 g/mol. The number of carbonyl (C=O) groups is 1. The molecule has 0 bridgehead atoms. The van der Waals surface area contributed by atoms with Gasteiger partial charge in [0.15, 0.2) is 5.78 Å². The average Bonchev–Trinajstić information content (AvgIpc) is 3.19. The van der Waals surface area contributed by atoms with E-state index in [1.165, 1.54) is 6.07 Å². The molecule has 10 heteroatoms. The molecule has 37 heavy (non-hydrogen) atoms. The fourth-order valence-electron chi connectivity index (χ4n) is 3.79. The van der Waals surface area contributed by atoms with Crippen molar-refractivity contribution in [3.63, 3.8) is 0 Å². The van der Waals surface area contributed by atoms with Crippen LogP contribution in [0.15, 0.2) is 46.9 Å². The number of rotatable bonds is 10. The second-order valence-electron chi connectivity index (χ2n) is 10.0. The Morgan fingerprint density at radius 3 is 2.35 bits per heavy atom. The molecule has 0 amide bonds. The lowest BCUT2D eigenvalue weighted by Crippen LogP contribution is -2.27. The van der Waals surface area contributed by atoms with Gasteiger partial charge in [0.1, 0.15) is 29.4 Å². The monoisotopic (exact) mass is 540 g/mol. The maximum Gasteiger partial charge on any atom is 0.534 e. The summed E-state index contributed by atoms with van der Waals surface area (Å²) in [5.74, 6) is 1.06. The van der Waals surface area contributed by atoms with Crippen LogP contribution < -0.4 is 8.92 Å². The number of alkyl halides is 3. The first kappa shape index (κ1) is 28.6. The first-order valence-electron chi connectivity index (χ1n) is 11.9. The summed E-state index contributed by atoms with van der Waals surface area (Å²) in [5, 5.41) is 0.627. The van der Waals surface area contributed by atoms with Gasteiger partial charge in [-0.2, -0.15) is 21.6 Å². The smallest absolute Gasteiger partial charge is 0.486 e. The standard InChI is InChI=1S/C27H31F3O6S/c1-6-18(19-9-12-23(17(2)13-19)34-16-25(31)26(3,4)5)7-10-21-14-20-8-11-22(15-24(20)35-21)36-37(32,33)27(28,29)30/h8-9,11-15,18H,6-7,10,16H2,1-5H3. The predicted molar refractivity (Wildman–Crippen MR) is 134 cm³/mol. The largest absolute Gasteiger partial charge is 0.534 e. The van der Waals surface area contributed by atoms with Crippen LogP contribution in [0.2, 0.25) is 0 Å². The highest BCUT2D eigenvalue weighted by atomic mass is 32.2. The van der Waals surface area contributed by atoms with E-state index < -0.39 is 26.8 Å². The van der Waals surface area contributed by atoms with E-state index >= 15 is 0 Å². The number of ketones is 1. The summed E-state index contributed by atoms with van der Waals surface area (Å²) in [4.78, 5) is 12.2. The molecule has 1 atom stereocenters. The second kappa shape index (κ2) is 10.8. The van der Waals surface area contributed by atoms with Gasteiger partial charge in [-0.15, -0.1) is 0 Å². The Bertz CT molecular complexity index is 1370. The van der Waals surface area contributed by atoms with Crippen molar-refractivity contribution in [2.24, 2.45) is 5.41 Å². The Labute approximate surface area is 214 Å². The van der Waals surface area contributed by atoms with Crippen LogP contribution in [-0.2, 0) is 21.3 Å². The molecule has 1 aromatic heterocycles. The van der Waals surface area contributed by atoms with E-state index in [-0.39, 0.29) is 23.9 Å². The van der Waals surface area contributed by atoms with Crippen LogP contribution in [0.4, 0.5) is 13.2 Å². The van der Waals surface area contributed by atoms with E-state index in [1.54, 1.807) is 6.07 Å². The van der Waals surface area contributed by atoms with Gasteiger partial charge in [0.25, 0.3) is 0 Å². The van der Waals surface area contributed by atoms with E-state index in [0.29, 0.717) is 23.3 Å². The number of benzene rings is 2. The second-order valence-corrected chi connectivity index (χ2v) is 11.6. The molecule has 2 aromatic carbocycles. The Balaban J connectivity index is 1.67. The number of hydrogen-bond donors (Lipinski definition) is 0. The number of Topliss-reactive ketones (excluding diaryl/α,β-unsaturated/α-hetero) is 1. The van der Waals surface area contributed by atoms with E-state index in [0.717, 1.165) is 36.1 Å². The van der Waals surface area contributed by atoms with E-state index in [1.807, 2.05) is 39.8 Å². The molecule has 202 valence electrons. The third kappa shape index (κ3) is 7.06. The van der Waals surface area contributed by atoms with Crippen LogP contribution >= 0.6 is 0 Å². The van der Waals surface area contributed by atoms with Crippen molar-refractivity contribution < 1.29 is 39.7 Å². The lowest BCUT2D eigenvalue weighted by molar-refractivity contribution is -0.128. The zero-order valence-corrected chi connectivity index (χ0v) is 22.3. The Kier molecular flexibility index (Phi) is 8.31. The van der Waals surface area contributed by atoms with Gasteiger partial charge in [-0.25, -0.2) is 0 Å².